The monoisotopic (exact) mass is 471 g/mol. The quantitative estimate of drug-likeness (QED) is 0.423. The Bertz CT molecular complexity index is 1310. The van der Waals surface area contributed by atoms with E-state index in [4.69, 9.17) is 0 Å². The number of hydrogen-bond acceptors (Lipinski definition) is 6. The summed E-state index contributed by atoms with van der Waals surface area (Å²) in [6, 6.07) is 18.7. The first-order valence-electron chi connectivity index (χ1n) is 11.3. The van der Waals surface area contributed by atoms with E-state index < -0.39 is 5.54 Å². The Labute approximate surface area is 204 Å². The summed E-state index contributed by atoms with van der Waals surface area (Å²) < 4.78 is 1.56. The highest BCUT2D eigenvalue weighted by Gasteiger charge is 2.38. The second-order valence-electron chi connectivity index (χ2n) is 9.03. The first kappa shape index (κ1) is 23.9. The number of anilines is 2. The van der Waals surface area contributed by atoms with E-state index in [0.29, 0.717) is 11.2 Å². The minimum atomic E-state index is -1.16. The van der Waals surface area contributed by atoms with Gasteiger partial charge in [0.15, 0.2) is 0 Å². The summed E-state index contributed by atoms with van der Waals surface area (Å²) in [5.74, 6) is -0.552. The molecular weight excluding hydrogens is 442 g/mol. The number of hydrogen-bond donors (Lipinski definition) is 1. The number of fused-ring (bicyclic) bond motifs is 1. The molecule has 0 atom stereocenters. The molecular formula is C26H29N7O2. The number of aromatic nitrogens is 4. The van der Waals surface area contributed by atoms with Crippen molar-refractivity contribution in [1.82, 2.24) is 24.9 Å². The number of nitrogens with zero attached hydrogens (tertiary/aromatic N) is 6. The smallest absolute Gasteiger partial charge is 0.249 e. The first-order valence-corrected chi connectivity index (χ1v) is 11.3. The predicted octanol–water partition coefficient (Wildman–Crippen LogP) is 3.34. The van der Waals surface area contributed by atoms with Gasteiger partial charge in [-0.05, 0) is 61.9 Å². The lowest BCUT2D eigenvalue weighted by Crippen LogP contribution is -2.55. The Morgan fingerprint density at radius 3 is 2.43 bits per heavy atom. The van der Waals surface area contributed by atoms with E-state index in [1.807, 2.05) is 79.7 Å². The Hall–Kier alpha value is -4.27. The van der Waals surface area contributed by atoms with Crippen LogP contribution in [0.5, 0.6) is 0 Å². The van der Waals surface area contributed by atoms with E-state index in [-0.39, 0.29) is 24.9 Å². The lowest BCUT2D eigenvalue weighted by atomic mass is 9.99. The van der Waals surface area contributed by atoms with Crippen LogP contribution < -0.4 is 10.2 Å². The zero-order chi connectivity index (χ0) is 25.0. The van der Waals surface area contributed by atoms with Gasteiger partial charge in [-0.3, -0.25) is 14.6 Å². The molecule has 4 rings (SSSR count). The van der Waals surface area contributed by atoms with Gasteiger partial charge in [-0.1, -0.05) is 23.4 Å². The molecule has 0 saturated heterocycles. The average Bonchev–Trinajstić information content (AvgIpc) is 3.26. The molecule has 0 aliphatic rings. The second-order valence-corrected chi connectivity index (χ2v) is 9.03. The third-order valence-corrected chi connectivity index (χ3v) is 5.94. The van der Waals surface area contributed by atoms with Gasteiger partial charge in [-0.15, -0.1) is 5.10 Å². The van der Waals surface area contributed by atoms with Crippen LogP contribution in [0, 0.1) is 0 Å². The predicted molar refractivity (Wildman–Crippen MR) is 136 cm³/mol. The molecule has 180 valence electrons. The standard InChI is InChI=1S/C26H29N7O2/c1-26(2,25(35)28-20-11-13-21(14-12-20)31(3)4)32(17-19-8-7-15-27-16-19)24(34)18-33-23-10-6-5-9-22(23)29-30-33/h5-16H,17-18H2,1-4H3,(H,28,35). The van der Waals surface area contributed by atoms with Gasteiger partial charge in [0.1, 0.15) is 17.6 Å². The largest absolute Gasteiger partial charge is 0.378 e. The minimum absolute atomic E-state index is 0.0466. The number of benzene rings is 2. The van der Waals surface area contributed by atoms with Gasteiger partial charge in [0.05, 0.1) is 5.52 Å². The number of carbonyl (C=O) groups is 2. The molecule has 0 aliphatic heterocycles. The number of nitrogens with one attached hydrogen (secondary N) is 1. The molecule has 4 aromatic rings. The summed E-state index contributed by atoms with van der Waals surface area (Å²) in [6.07, 6.45) is 3.37. The summed E-state index contributed by atoms with van der Waals surface area (Å²) in [7, 11) is 3.91. The molecule has 0 radical (unpaired) electrons. The summed E-state index contributed by atoms with van der Waals surface area (Å²) in [5, 5.41) is 11.2. The molecule has 1 N–H and O–H groups in total. The zero-order valence-electron chi connectivity index (χ0n) is 20.3. The molecule has 9 nitrogen and oxygen atoms in total. The van der Waals surface area contributed by atoms with Crippen LogP contribution >= 0.6 is 0 Å². The van der Waals surface area contributed by atoms with Gasteiger partial charge in [-0.2, -0.15) is 0 Å². The molecule has 0 bridgehead atoms. The fourth-order valence-corrected chi connectivity index (χ4v) is 3.77. The Balaban J connectivity index is 1.59. The lowest BCUT2D eigenvalue weighted by molar-refractivity contribution is -0.145. The van der Waals surface area contributed by atoms with Crippen LogP contribution in [0.25, 0.3) is 11.0 Å². The van der Waals surface area contributed by atoms with Gasteiger partial charge in [-0.25, -0.2) is 4.68 Å². The second kappa shape index (κ2) is 9.92. The van der Waals surface area contributed by atoms with Crippen LogP contribution in [0.1, 0.15) is 19.4 Å². The maximum Gasteiger partial charge on any atom is 0.249 e. The van der Waals surface area contributed by atoms with E-state index in [1.54, 1.807) is 35.8 Å². The molecule has 0 saturated carbocycles. The van der Waals surface area contributed by atoms with Crippen molar-refractivity contribution in [2.75, 3.05) is 24.3 Å². The lowest BCUT2D eigenvalue weighted by Gasteiger charge is -2.37. The van der Waals surface area contributed by atoms with Crippen molar-refractivity contribution in [2.45, 2.75) is 32.5 Å². The fourth-order valence-electron chi connectivity index (χ4n) is 3.77. The highest BCUT2D eigenvalue weighted by atomic mass is 16.2. The number of carbonyl (C=O) groups excluding carboxylic acids is 2. The number of rotatable bonds is 8. The van der Waals surface area contributed by atoms with Gasteiger partial charge in [0.25, 0.3) is 0 Å². The van der Waals surface area contributed by atoms with Gasteiger partial charge >= 0.3 is 0 Å². The molecule has 35 heavy (non-hydrogen) atoms. The molecule has 0 aliphatic carbocycles. The van der Waals surface area contributed by atoms with Crippen LogP contribution in [0.2, 0.25) is 0 Å². The van der Waals surface area contributed by atoms with E-state index >= 15 is 0 Å². The SMILES string of the molecule is CN(C)c1ccc(NC(=O)C(C)(C)N(Cc2cccnc2)C(=O)Cn2nnc3ccccc32)cc1. The molecule has 0 spiro atoms. The third kappa shape index (κ3) is 5.29. The fraction of sp³-hybridized carbons (Fsp3) is 0.269. The van der Waals surface area contributed by atoms with Crippen molar-refractivity contribution in [2.24, 2.45) is 0 Å². The highest BCUT2D eigenvalue weighted by molar-refractivity contribution is 6.00. The van der Waals surface area contributed by atoms with E-state index in [0.717, 1.165) is 16.8 Å². The summed E-state index contributed by atoms with van der Waals surface area (Å²) in [5.41, 5.74) is 2.80. The summed E-state index contributed by atoms with van der Waals surface area (Å²) in [6.45, 7) is 3.66. The number of pyridine rings is 1. The van der Waals surface area contributed by atoms with Crippen molar-refractivity contribution in [1.29, 1.82) is 0 Å². The summed E-state index contributed by atoms with van der Waals surface area (Å²) in [4.78, 5) is 34.8. The number of para-hydroxylation sites is 1. The molecule has 0 unspecified atom stereocenters. The highest BCUT2D eigenvalue weighted by Crippen LogP contribution is 2.23. The normalized spacial score (nSPS) is 11.3. The van der Waals surface area contributed by atoms with Crippen LogP contribution in [0.4, 0.5) is 11.4 Å². The number of amides is 2. The molecule has 9 heteroatoms. The molecule has 2 aromatic heterocycles. The van der Waals surface area contributed by atoms with Crippen molar-refractivity contribution in [3.8, 4) is 0 Å². The molecule has 2 heterocycles. The first-order chi connectivity index (χ1) is 16.8. The maximum absolute atomic E-state index is 13.6. The third-order valence-electron chi connectivity index (χ3n) is 5.94. The van der Waals surface area contributed by atoms with Crippen LogP contribution in [0.3, 0.4) is 0 Å². The van der Waals surface area contributed by atoms with Crippen LogP contribution in [-0.2, 0) is 22.7 Å². The Kier molecular flexibility index (Phi) is 6.77. The van der Waals surface area contributed by atoms with Crippen molar-refractivity contribution in [3.63, 3.8) is 0 Å². The average molecular weight is 472 g/mol. The van der Waals surface area contributed by atoms with Crippen LogP contribution in [-0.4, -0.2) is 56.3 Å². The zero-order valence-corrected chi connectivity index (χ0v) is 20.3. The molecule has 0 fully saturated rings. The van der Waals surface area contributed by atoms with Gasteiger partial charge in [0.2, 0.25) is 11.8 Å². The van der Waals surface area contributed by atoms with Crippen LogP contribution in [0.15, 0.2) is 73.1 Å². The van der Waals surface area contributed by atoms with Crippen molar-refractivity contribution in [3.05, 3.63) is 78.6 Å². The van der Waals surface area contributed by atoms with Gasteiger partial charge in [0, 0.05) is 44.4 Å². The van der Waals surface area contributed by atoms with Crippen molar-refractivity contribution >= 4 is 34.2 Å². The van der Waals surface area contributed by atoms with E-state index in [9.17, 15) is 9.59 Å². The Morgan fingerprint density at radius 1 is 1.00 bits per heavy atom. The molecule has 2 amide bonds. The van der Waals surface area contributed by atoms with Crippen molar-refractivity contribution < 1.29 is 9.59 Å². The minimum Gasteiger partial charge on any atom is -0.378 e. The molecule has 2 aromatic carbocycles. The maximum atomic E-state index is 13.6. The summed E-state index contributed by atoms with van der Waals surface area (Å²) >= 11 is 0. The van der Waals surface area contributed by atoms with E-state index in [1.165, 1.54) is 0 Å². The van der Waals surface area contributed by atoms with Gasteiger partial charge < -0.3 is 15.1 Å². The Morgan fingerprint density at radius 2 is 1.74 bits per heavy atom. The van der Waals surface area contributed by atoms with E-state index in [2.05, 4.69) is 20.6 Å². The topological polar surface area (TPSA) is 96.2 Å².